The van der Waals surface area contributed by atoms with Crippen LogP contribution in [0.1, 0.15) is 64.9 Å². The molecule has 0 spiro atoms. The molecule has 32 heavy (non-hydrogen) atoms. The molecule has 0 atom stereocenters. The average molecular weight is 439 g/mol. The number of benzene rings is 1. The molecule has 0 radical (unpaired) electrons. The Bertz CT molecular complexity index is 932. The molecule has 174 valence electrons. The van der Waals surface area contributed by atoms with Crippen LogP contribution < -0.4 is 14.8 Å². The summed E-state index contributed by atoms with van der Waals surface area (Å²) < 4.78 is 11.8. The zero-order valence-electron chi connectivity index (χ0n) is 20.2. The number of hydrogen-bond donors (Lipinski definition) is 1. The summed E-state index contributed by atoms with van der Waals surface area (Å²) in [6.45, 7) is 8.88. The molecule has 1 N–H and O–H groups in total. The minimum Gasteiger partial charge on any atom is -0.496 e. The van der Waals surface area contributed by atoms with Crippen LogP contribution in [0, 0.1) is 12.8 Å². The highest BCUT2D eigenvalue weighted by molar-refractivity contribution is 5.89. The maximum absolute atomic E-state index is 12.4. The highest BCUT2D eigenvalue weighted by Gasteiger charge is 2.15. The monoisotopic (exact) mass is 438 g/mol. The lowest BCUT2D eigenvalue weighted by molar-refractivity contribution is -0.116. The standard InChI is InChI=1S/C27H38N2O3/c1-6-7-8-9-10-11-12-15-22(18-25(30)28-19-20(2)3)32-27-21(4)26(31-5)23-16-13-14-17-24(23)29-27/h12-18,20H,6-11,19H2,1-5H3,(H,28,30)/b15-12+,22-18+. The molecule has 0 aliphatic heterocycles. The number of rotatable bonds is 13. The SMILES string of the molecule is CCCCCCC/C=C/C(=C\C(=O)NCC(C)C)Oc1nc2ccccc2c(OC)c1C. The van der Waals surface area contributed by atoms with E-state index in [0.29, 0.717) is 24.1 Å². The molecule has 5 heteroatoms. The van der Waals surface area contributed by atoms with Crippen molar-refractivity contribution in [2.75, 3.05) is 13.7 Å². The van der Waals surface area contributed by atoms with Crippen molar-refractivity contribution >= 4 is 16.8 Å². The van der Waals surface area contributed by atoms with Crippen LogP contribution in [0.15, 0.2) is 48.3 Å². The number of amides is 1. The van der Waals surface area contributed by atoms with Crippen LogP contribution in [0.5, 0.6) is 11.6 Å². The van der Waals surface area contributed by atoms with Crippen molar-refractivity contribution in [3.63, 3.8) is 0 Å². The van der Waals surface area contributed by atoms with Gasteiger partial charge in [-0.15, -0.1) is 0 Å². The van der Waals surface area contributed by atoms with Gasteiger partial charge in [0.2, 0.25) is 11.8 Å². The molecule has 1 aromatic heterocycles. The summed E-state index contributed by atoms with van der Waals surface area (Å²) in [7, 11) is 1.65. The van der Waals surface area contributed by atoms with Gasteiger partial charge in [0.1, 0.15) is 11.5 Å². The van der Waals surface area contributed by atoms with E-state index in [-0.39, 0.29) is 5.91 Å². The van der Waals surface area contributed by atoms with Crippen LogP contribution in [-0.2, 0) is 4.79 Å². The Balaban J connectivity index is 2.23. The Morgan fingerprint density at radius 2 is 1.91 bits per heavy atom. The van der Waals surface area contributed by atoms with Crippen LogP contribution in [-0.4, -0.2) is 24.5 Å². The second-order valence-electron chi connectivity index (χ2n) is 8.49. The molecule has 0 aliphatic carbocycles. The van der Waals surface area contributed by atoms with E-state index in [2.05, 4.69) is 37.1 Å². The van der Waals surface area contributed by atoms with Crippen molar-refractivity contribution in [3.05, 3.63) is 53.8 Å². The number of unbranched alkanes of at least 4 members (excludes halogenated alkanes) is 5. The van der Waals surface area contributed by atoms with Gasteiger partial charge in [0.15, 0.2) is 0 Å². The summed E-state index contributed by atoms with van der Waals surface area (Å²) >= 11 is 0. The number of allylic oxidation sites excluding steroid dienone is 2. The van der Waals surface area contributed by atoms with Gasteiger partial charge >= 0.3 is 0 Å². The topological polar surface area (TPSA) is 60.5 Å². The van der Waals surface area contributed by atoms with Crippen molar-refractivity contribution in [1.29, 1.82) is 0 Å². The van der Waals surface area contributed by atoms with Crippen LogP contribution in [0.25, 0.3) is 10.9 Å². The third kappa shape index (κ3) is 8.03. The van der Waals surface area contributed by atoms with Crippen LogP contribution in [0.4, 0.5) is 0 Å². The molecule has 0 unspecified atom stereocenters. The first-order chi connectivity index (χ1) is 15.5. The molecule has 1 amide bonds. The molecular formula is C27H38N2O3. The van der Waals surface area contributed by atoms with Gasteiger partial charge in [-0.1, -0.05) is 64.7 Å². The average Bonchev–Trinajstić information content (AvgIpc) is 2.77. The summed E-state index contributed by atoms with van der Waals surface area (Å²) in [4.78, 5) is 17.1. The number of fused-ring (bicyclic) bond motifs is 1. The predicted molar refractivity (Wildman–Crippen MR) is 132 cm³/mol. The zero-order chi connectivity index (χ0) is 23.3. The molecular weight excluding hydrogens is 400 g/mol. The highest BCUT2D eigenvalue weighted by atomic mass is 16.5. The van der Waals surface area contributed by atoms with Gasteiger partial charge in [-0.05, 0) is 43.9 Å². The van der Waals surface area contributed by atoms with E-state index in [1.54, 1.807) is 7.11 Å². The maximum atomic E-state index is 12.4. The van der Waals surface area contributed by atoms with E-state index in [4.69, 9.17) is 9.47 Å². The molecule has 5 nitrogen and oxygen atoms in total. The van der Waals surface area contributed by atoms with Gasteiger partial charge < -0.3 is 14.8 Å². The second kappa shape index (κ2) is 13.6. The lowest BCUT2D eigenvalue weighted by Gasteiger charge is -2.14. The van der Waals surface area contributed by atoms with Gasteiger partial charge in [0.05, 0.1) is 18.2 Å². The maximum Gasteiger partial charge on any atom is 0.247 e. The number of ether oxygens (including phenoxy) is 2. The fourth-order valence-corrected chi connectivity index (χ4v) is 3.39. The molecule has 0 saturated heterocycles. The van der Waals surface area contributed by atoms with E-state index in [0.717, 1.165) is 35.1 Å². The van der Waals surface area contributed by atoms with Crippen molar-refractivity contribution < 1.29 is 14.3 Å². The summed E-state index contributed by atoms with van der Waals surface area (Å²) in [5, 5.41) is 3.85. The highest BCUT2D eigenvalue weighted by Crippen LogP contribution is 2.34. The fourth-order valence-electron chi connectivity index (χ4n) is 3.39. The lowest BCUT2D eigenvalue weighted by Crippen LogP contribution is -2.26. The van der Waals surface area contributed by atoms with E-state index in [1.807, 2.05) is 37.3 Å². The minimum atomic E-state index is -0.174. The minimum absolute atomic E-state index is 0.174. The van der Waals surface area contributed by atoms with E-state index in [1.165, 1.54) is 31.8 Å². The number of para-hydroxylation sites is 1. The third-order valence-electron chi connectivity index (χ3n) is 5.17. The number of aromatic nitrogens is 1. The largest absolute Gasteiger partial charge is 0.496 e. The number of carbonyl (C=O) groups is 1. The summed E-state index contributed by atoms with van der Waals surface area (Å²) in [5.74, 6) is 1.84. The Kier molecular flexibility index (Phi) is 10.8. The first kappa shape index (κ1) is 25.4. The molecule has 0 fully saturated rings. The molecule has 1 heterocycles. The Morgan fingerprint density at radius 3 is 2.62 bits per heavy atom. The number of hydrogen-bond acceptors (Lipinski definition) is 4. The van der Waals surface area contributed by atoms with Crippen molar-refractivity contribution in [3.8, 4) is 11.6 Å². The summed E-state index contributed by atoms with van der Waals surface area (Å²) in [5.41, 5.74) is 1.58. The molecule has 0 saturated carbocycles. The van der Waals surface area contributed by atoms with E-state index < -0.39 is 0 Å². The molecule has 2 rings (SSSR count). The molecule has 0 aliphatic rings. The van der Waals surface area contributed by atoms with E-state index in [9.17, 15) is 4.79 Å². The number of carbonyl (C=O) groups excluding carboxylic acids is 1. The van der Waals surface area contributed by atoms with Gasteiger partial charge in [0.25, 0.3) is 0 Å². The van der Waals surface area contributed by atoms with Crippen LogP contribution in [0.2, 0.25) is 0 Å². The molecule has 0 bridgehead atoms. The third-order valence-corrected chi connectivity index (χ3v) is 5.17. The Morgan fingerprint density at radius 1 is 1.16 bits per heavy atom. The van der Waals surface area contributed by atoms with Gasteiger partial charge in [-0.25, -0.2) is 4.98 Å². The number of nitrogens with one attached hydrogen (secondary N) is 1. The second-order valence-corrected chi connectivity index (χ2v) is 8.49. The fraction of sp³-hybridized carbons (Fsp3) is 0.481. The number of nitrogens with zero attached hydrogens (tertiary/aromatic N) is 1. The Labute approximate surface area is 192 Å². The lowest BCUT2D eigenvalue weighted by atomic mass is 10.1. The quantitative estimate of drug-likeness (QED) is 0.168. The van der Waals surface area contributed by atoms with Crippen LogP contribution in [0.3, 0.4) is 0 Å². The van der Waals surface area contributed by atoms with Crippen molar-refractivity contribution in [2.45, 2.75) is 66.2 Å². The van der Waals surface area contributed by atoms with Gasteiger partial charge in [-0.2, -0.15) is 0 Å². The number of methoxy groups -OCH3 is 1. The van der Waals surface area contributed by atoms with Crippen molar-refractivity contribution in [1.82, 2.24) is 10.3 Å². The molecule has 1 aromatic carbocycles. The predicted octanol–water partition coefficient (Wildman–Crippen LogP) is 6.50. The normalized spacial score (nSPS) is 12.0. The Hall–Kier alpha value is -2.82. The number of pyridine rings is 1. The van der Waals surface area contributed by atoms with E-state index >= 15 is 0 Å². The first-order valence-corrected chi connectivity index (χ1v) is 11.7. The van der Waals surface area contributed by atoms with Gasteiger partial charge in [-0.3, -0.25) is 4.79 Å². The molecule has 2 aromatic rings. The van der Waals surface area contributed by atoms with Crippen LogP contribution >= 0.6 is 0 Å². The first-order valence-electron chi connectivity index (χ1n) is 11.7. The van der Waals surface area contributed by atoms with Crippen molar-refractivity contribution in [2.24, 2.45) is 5.92 Å². The summed E-state index contributed by atoms with van der Waals surface area (Å²) in [6.07, 6.45) is 12.5. The zero-order valence-corrected chi connectivity index (χ0v) is 20.2. The summed E-state index contributed by atoms with van der Waals surface area (Å²) in [6, 6.07) is 7.80. The smallest absolute Gasteiger partial charge is 0.247 e. The van der Waals surface area contributed by atoms with Gasteiger partial charge in [0, 0.05) is 18.0 Å².